The van der Waals surface area contributed by atoms with Crippen molar-refractivity contribution in [1.82, 2.24) is 4.90 Å². The Morgan fingerprint density at radius 3 is 2.03 bits per heavy atom. The number of nitrogens with one attached hydrogen (secondary N) is 1. The lowest BCUT2D eigenvalue weighted by molar-refractivity contribution is 0.0742. The van der Waals surface area contributed by atoms with Crippen LogP contribution in [0.15, 0.2) is 77.7 Å². The number of ether oxygens (including phenoxy) is 2. The predicted molar refractivity (Wildman–Crippen MR) is 124 cm³/mol. The van der Waals surface area contributed by atoms with E-state index in [0.717, 1.165) is 11.3 Å². The maximum atomic E-state index is 13.1. The van der Waals surface area contributed by atoms with Crippen LogP contribution in [-0.4, -0.2) is 40.5 Å². The van der Waals surface area contributed by atoms with E-state index < -0.39 is 10.0 Å². The molecule has 0 saturated carbocycles. The first-order valence-electron chi connectivity index (χ1n) is 9.93. The Morgan fingerprint density at radius 1 is 0.906 bits per heavy atom. The average Bonchev–Trinajstić information content (AvgIpc) is 2.83. The first-order valence-corrected chi connectivity index (χ1v) is 11.4. The van der Waals surface area contributed by atoms with Crippen molar-refractivity contribution >= 4 is 21.6 Å². The van der Waals surface area contributed by atoms with Gasteiger partial charge in [0, 0.05) is 18.3 Å². The lowest BCUT2D eigenvalue weighted by atomic mass is 10.1. The zero-order valence-corrected chi connectivity index (χ0v) is 19.2. The number of carbonyl (C=O) groups excluding carboxylic acids is 1. The second-order valence-corrected chi connectivity index (χ2v) is 8.91. The van der Waals surface area contributed by atoms with Crippen LogP contribution in [0.3, 0.4) is 0 Å². The molecule has 0 aliphatic rings. The Labute approximate surface area is 188 Å². The Hall–Kier alpha value is -3.52. The molecule has 168 valence electrons. The van der Waals surface area contributed by atoms with Crippen LogP contribution in [0.2, 0.25) is 0 Å². The number of amides is 1. The molecule has 0 radical (unpaired) electrons. The van der Waals surface area contributed by atoms with Crippen molar-refractivity contribution in [3.8, 4) is 11.5 Å². The highest BCUT2D eigenvalue weighted by molar-refractivity contribution is 7.92. The molecule has 0 aliphatic carbocycles. The lowest BCUT2D eigenvalue weighted by Gasteiger charge is -2.25. The third kappa shape index (κ3) is 5.20. The maximum absolute atomic E-state index is 13.1. The predicted octanol–water partition coefficient (Wildman–Crippen LogP) is 4.34. The van der Waals surface area contributed by atoms with E-state index in [9.17, 15) is 13.2 Å². The summed E-state index contributed by atoms with van der Waals surface area (Å²) in [5.74, 6) is 1.07. The molecule has 0 aromatic heterocycles. The van der Waals surface area contributed by atoms with E-state index in [-0.39, 0.29) is 22.4 Å². The van der Waals surface area contributed by atoms with Gasteiger partial charge in [-0.3, -0.25) is 9.52 Å². The maximum Gasteiger partial charge on any atom is 0.261 e. The highest BCUT2D eigenvalue weighted by atomic mass is 32.2. The Bertz CT molecular complexity index is 1180. The average molecular weight is 455 g/mol. The van der Waals surface area contributed by atoms with Crippen molar-refractivity contribution in [2.24, 2.45) is 0 Å². The van der Waals surface area contributed by atoms with Gasteiger partial charge in [-0.05, 0) is 67.1 Å². The summed E-state index contributed by atoms with van der Waals surface area (Å²) in [4.78, 5) is 14.6. The van der Waals surface area contributed by atoms with Gasteiger partial charge >= 0.3 is 0 Å². The van der Waals surface area contributed by atoms with E-state index in [1.54, 1.807) is 55.5 Å². The van der Waals surface area contributed by atoms with Gasteiger partial charge in [-0.15, -0.1) is 0 Å². The van der Waals surface area contributed by atoms with Crippen molar-refractivity contribution in [2.75, 3.05) is 26.0 Å². The quantitative estimate of drug-likeness (QED) is 0.547. The molecule has 1 atom stereocenters. The summed E-state index contributed by atoms with van der Waals surface area (Å²) in [6.07, 6.45) is 0. The molecule has 0 heterocycles. The molecule has 0 saturated heterocycles. The number of hydrogen-bond donors (Lipinski definition) is 1. The minimum absolute atomic E-state index is 0.00432. The second-order valence-electron chi connectivity index (χ2n) is 7.23. The number of sulfonamides is 1. The summed E-state index contributed by atoms with van der Waals surface area (Å²) >= 11 is 0. The van der Waals surface area contributed by atoms with Gasteiger partial charge in [0.05, 0.1) is 25.2 Å². The molecule has 3 aromatic carbocycles. The summed E-state index contributed by atoms with van der Waals surface area (Å²) in [7, 11) is 0.950. The van der Waals surface area contributed by atoms with Gasteiger partial charge in [-0.2, -0.15) is 0 Å². The number of methoxy groups -OCH3 is 2. The van der Waals surface area contributed by atoms with Crippen molar-refractivity contribution in [2.45, 2.75) is 17.9 Å². The number of benzene rings is 3. The van der Waals surface area contributed by atoms with Crippen LogP contribution in [0, 0.1) is 0 Å². The van der Waals surface area contributed by atoms with E-state index in [0.29, 0.717) is 11.4 Å². The van der Waals surface area contributed by atoms with Gasteiger partial charge < -0.3 is 14.4 Å². The number of rotatable bonds is 8. The van der Waals surface area contributed by atoms with E-state index in [4.69, 9.17) is 9.47 Å². The molecular weight excluding hydrogens is 428 g/mol. The first-order chi connectivity index (χ1) is 15.2. The lowest BCUT2D eigenvalue weighted by Crippen LogP contribution is -2.29. The van der Waals surface area contributed by atoms with Gasteiger partial charge in [-0.1, -0.05) is 18.2 Å². The summed E-state index contributed by atoms with van der Waals surface area (Å²) in [5, 5.41) is 0. The number of nitrogens with zero attached hydrogens (tertiary/aromatic N) is 1. The fraction of sp³-hybridized carbons (Fsp3) is 0.208. The molecule has 0 spiro atoms. The monoisotopic (exact) mass is 454 g/mol. The molecule has 8 heteroatoms. The van der Waals surface area contributed by atoms with Gasteiger partial charge in [0.25, 0.3) is 15.9 Å². The minimum atomic E-state index is -3.87. The van der Waals surface area contributed by atoms with E-state index >= 15 is 0 Å². The van der Waals surface area contributed by atoms with E-state index in [1.807, 2.05) is 31.2 Å². The molecule has 0 aliphatic heterocycles. The normalized spacial score (nSPS) is 12.0. The third-order valence-electron chi connectivity index (χ3n) is 5.23. The van der Waals surface area contributed by atoms with Crippen LogP contribution in [0.5, 0.6) is 11.5 Å². The number of carbonyl (C=O) groups is 1. The molecule has 32 heavy (non-hydrogen) atoms. The van der Waals surface area contributed by atoms with Crippen LogP contribution >= 0.6 is 0 Å². The Balaban J connectivity index is 1.79. The Morgan fingerprint density at radius 2 is 1.47 bits per heavy atom. The standard InChI is InChI=1S/C24H26N2O5S/c1-17(18-8-12-21(30-3)13-9-18)26(2)24(27)19-6-5-7-23(16-19)32(28,29)25-20-10-14-22(31-4)15-11-20/h5-17,25H,1-4H3. The largest absolute Gasteiger partial charge is 0.497 e. The van der Waals surface area contributed by atoms with Crippen molar-refractivity contribution in [3.05, 3.63) is 83.9 Å². The fourth-order valence-electron chi connectivity index (χ4n) is 3.15. The van der Waals surface area contributed by atoms with Gasteiger partial charge in [0.1, 0.15) is 11.5 Å². The molecule has 7 nitrogen and oxygen atoms in total. The van der Waals surface area contributed by atoms with E-state index in [1.165, 1.54) is 19.2 Å². The summed E-state index contributed by atoms with van der Waals surface area (Å²) < 4.78 is 38.5. The molecule has 0 bridgehead atoms. The summed E-state index contributed by atoms with van der Waals surface area (Å²) in [6, 6.07) is 19.8. The van der Waals surface area contributed by atoms with Crippen molar-refractivity contribution < 1.29 is 22.7 Å². The molecule has 1 N–H and O–H groups in total. The van der Waals surface area contributed by atoms with E-state index in [2.05, 4.69) is 4.72 Å². The molecule has 3 rings (SSSR count). The number of hydrogen-bond acceptors (Lipinski definition) is 5. The van der Waals surface area contributed by atoms with Crippen LogP contribution in [0.4, 0.5) is 5.69 Å². The summed E-state index contributed by atoms with van der Waals surface area (Å²) in [5.41, 5.74) is 1.62. The van der Waals surface area contributed by atoms with Crippen LogP contribution in [-0.2, 0) is 10.0 Å². The fourth-order valence-corrected chi connectivity index (χ4v) is 4.26. The van der Waals surface area contributed by atoms with Crippen LogP contribution in [0.25, 0.3) is 0 Å². The molecule has 1 unspecified atom stereocenters. The molecule has 0 fully saturated rings. The summed E-state index contributed by atoms with van der Waals surface area (Å²) in [6.45, 7) is 1.91. The minimum Gasteiger partial charge on any atom is -0.497 e. The van der Waals surface area contributed by atoms with Gasteiger partial charge in [0.15, 0.2) is 0 Å². The highest BCUT2D eigenvalue weighted by Gasteiger charge is 2.22. The van der Waals surface area contributed by atoms with Crippen molar-refractivity contribution in [1.29, 1.82) is 0 Å². The molecular formula is C24H26N2O5S. The smallest absolute Gasteiger partial charge is 0.261 e. The Kier molecular flexibility index (Phi) is 7.05. The topological polar surface area (TPSA) is 84.9 Å². The zero-order chi connectivity index (χ0) is 23.3. The van der Waals surface area contributed by atoms with Crippen LogP contribution in [0.1, 0.15) is 28.9 Å². The number of anilines is 1. The highest BCUT2D eigenvalue weighted by Crippen LogP contribution is 2.24. The zero-order valence-electron chi connectivity index (χ0n) is 18.4. The van der Waals surface area contributed by atoms with Crippen molar-refractivity contribution in [3.63, 3.8) is 0 Å². The second kappa shape index (κ2) is 9.74. The molecule has 1 amide bonds. The third-order valence-corrected chi connectivity index (χ3v) is 6.61. The van der Waals surface area contributed by atoms with Crippen LogP contribution < -0.4 is 14.2 Å². The SMILES string of the molecule is COc1ccc(NS(=O)(=O)c2cccc(C(=O)N(C)C(C)c3ccc(OC)cc3)c2)cc1. The first kappa shape index (κ1) is 23.1. The molecule has 3 aromatic rings. The van der Waals surface area contributed by atoms with Gasteiger partial charge in [0.2, 0.25) is 0 Å². The van der Waals surface area contributed by atoms with Gasteiger partial charge in [-0.25, -0.2) is 8.42 Å².